The topological polar surface area (TPSA) is 82.1 Å². The van der Waals surface area contributed by atoms with Crippen LogP contribution in [0.25, 0.3) is 0 Å². The zero-order valence-electron chi connectivity index (χ0n) is 13.8. The molecule has 138 valence electrons. The molecule has 0 amide bonds. The molecule has 7 nitrogen and oxygen atoms in total. The second-order valence-corrected chi connectivity index (χ2v) is 8.06. The van der Waals surface area contributed by atoms with Gasteiger partial charge in [0, 0.05) is 10.5 Å². The van der Waals surface area contributed by atoms with Crippen molar-refractivity contribution in [1.82, 2.24) is 0 Å². The van der Waals surface area contributed by atoms with E-state index in [2.05, 4.69) is 20.7 Å². The Morgan fingerprint density at radius 3 is 2.54 bits per heavy atom. The zero-order valence-corrected chi connectivity index (χ0v) is 16.2. The Bertz CT molecular complexity index is 931. The van der Waals surface area contributed by atoms with E-state index in [9.17, 15) is 13.2 Å². The Morgan fingerprint density at radius 1 is 1.15 bits per heavy atom. The lowest BCUT2D eigenvalue weighted by Gasteiger charge is -2.25. The molecule has 9 heteroatoms. The molecule has 0 aromatic heterocycles. The van der Waals surface area contributed by atoms with Crippen molar-refractivity contribution in [3.05, 3.63) is 46.9 Å². The summed E-state index contributed by atoms with van der Waals surface area (Å²) in [5.41, 5.74) is 0.327. The lowest BCUT2D eigenvalue weighted by molar-refractivity contribution is -0.138. The standard InChI is InChI=1S/C17H16BrNO6S/c1-23-17(20)11-19(14-5-3-2-4-13(14)18)26(21,22)12-6-7-15-16(10-12)25-9-8-24-15/h2-7,10H,8-9,11H2,1H3. The van der Waals surface area contributed by atoms with Gasteiger partial charge in [0.1, 0.15) is 19.8 Å². The van der Waals surface area contributed by atoms with Crippen LogP contribution in [0.2, 0.25) is 0 Å². The lowest BCUT2D eigenvalue weighted by atomic mass is 10.3. The maximum Gasteiger partial charge on any atom is 0.326 e. The second-order valence-electron chi connectivity index (χ2n) is 5.34. The van der Waals surface area contributed by atoms with Crippen LogP contribution in [0.15, 0.2) is 51.8 Å². The predicted molar refractivity (Wildman–Crippen MR) is 98.1 cm³/mol. The largest absolute Gasteiger partial charge is 0.486 e. The first-order valence-corrected chi connectivity index (χ1v) is 9.90. The number of carbonyl (C=O) groups is 1. The van der Waals surface area contributed by atoms with E-state index in [1.807, 2.05) is 0 Å². The number of halogens is 1. The third-order valence-electron chi connectivity index (χ3n) is 3.72. The van der Waals surface area contributed by atoms with Crippen LogP contribution in [0.5, 0.6) is 11.5 Å². The third kappa shape index (κ3) is 3.63. The number of benzene rings is 2. The average Bonchev–Trinajstić information content (AvgIpc) is 2.66. The number of ether oxygens (including phenoxy) is 3. The zero-order chi connectivity index (χ0) is 18.7. The van der Waals surface area contributed by atoms with Crippen molar-refractivity contribution in [2.45, 2.75) is 4.90 Å². The molecular formula is C17H16BrNO6S. The number of sulfonamides is 1. The second kappa shape index (κ2) is 7.55. The molecule has 2 aromatic rings. The first-order chi connectivity index (χ1) is 12.4. The molecule has 1 heterocycles. The van der Waals surface area contributed by atoms with Crippen molar-refractivity contribution < 1.29 is 27.4 Å². The summed E-state index contributed by atoms with van der Waals surface area (Å²) in [6, 6.07) is 11.1. The van der Waals surface area contributed by atoms with Gasteiger partial charge in [0.25, 0.3) is 10.0 Å². The minimum Gasteiger partial charge on any atom is -0.486 e. The van der Waals surface area contributed by atoms with E-state index in [-0.39, 0.29) is 4.90 Å². The molecular weight excluding hydrogens is 426 g/mol. The Morgan fingerprint density at radius 2 is 1.85 bits per heavy atom. The molecule has 2 aromatic carbocycles. The summed E-state index contributed by atoms with van der Waals surface area (Å²) in [7, 11) is -2.84. The highest BCUT2D eigenvalue weighted by atomic mass is 79.9. The van der Waals surface area contributed by atoms with E-state index < -0.39 is 22.5 Å². The molecule has 26 heavy (non-hydrogen) atoms. The number of hydrogen-bond donors (Lipinski definition) is 0. The molecule has 0 aliphatic carbocycles. The van der Waals surface area contributed by atoms with E-state index in [1.54, 1.807) is 24.3 Å². The summed E-state index contributed by atoms with van der Waals surface area (Å²) < 4.78 is 43.5. The maximum absolute atomic E-state index is 13.2. The van der Waals surface area contributed by atoms with Crippen LogP contribution in [-0.4, -0.2) is 41.3 Å². The van der Waals surface area contributed by atoms with Crippen molar-refractivity contribution in [2.24, 2.45) is 0 Å². The van der Waals surface area contributed by atoms with Crippen LogP contribution in [0.4, 0.5) is 5.69 Å². The highest BCUT2D eigenvalue weighted by Gasteiger charge is 2.30. The molecule has 0 N–H and O–H groups in total. The van der Waals surface area contributed by atoms with Crippen molar-refractivity contribution in [3.63, 3.8) is 0 Å². The van der Waals surface area contributed by atoms with Crippen molar-refractivity contribution in [1.29, 1.82) is 0 Å². The van der Waals surface area contributed by atoms with Crippen LogP contribution < -0.4 is 13.8 Å². The molecule has 0 radical (unpaired) electrons. The van der Waals surface area contributed by atoms with Gasteiger partial charge >= 0.3 is 5.97 Å². The monoisotopic (exact) mass is 441 g/mol. The van der Waals surface area contributed by atoms with Gasteiger partial charge in [0.05, 0.1) is 17.7 Å². The van der Waals surface area contributed by atoms with E-state index in [0.717, 1.165) is 4.31 Å². The highest BCUT2D eigenvalue weighted by Crippen LogP contribution is 2.35. The third-order valence-corrected chi connectivity index (χ3v) is 6.15. The number of fused-ring (bicyclic) bond motifs is 1. The first kappa shape index (κ1) is 18.5. The van der Waals surface area contributed by atoms with Gasteiger partial charge in [0.2, 0.25) is 0 Å². The summed E-state index contributed by atoms with van der Waals surface area (Å²) in [6.07, 6.45) is 0. The minimum atomic E-state index is -4.05. The Balaban J connectivity index is 2.07. The number of rotatable bonds is 5. The number of carbonyl (C=O) groups excluding carboxylic acids is 1. The quantitative estimate of drug-likeness (QED) is 0.663. The van der Waals surface area contributed by atoms with E-state index in [1.165, 1.54) is 25.3 Å². The van der Waals surface area contributed by atoms with Crippen LogP contribution in [0.3, 0.4) is 0 Å². The molecule has 0 saturated heterocycles. The molecule has 0 fully saturated rings. The van der Waals surface area contributed by atoms with Gasteiger partial charge in [-0.1, -0.05) is 12.1 Å². The van der Waals surface area contributed by atoms with Gasteiger partial charge in [-0.05, 0) is 40.2 Å². The number of anilines is 1. The molecule has 3 rings (SSSR count). The van der Waals surface area contributed by atoms with Crippen LogP contribution >= 0.6 is 15.9 Å². The molecule has 0 atom stereocenters. The van der Waals surface area contributed by atoms with E-state index in [0.29, 0.717) is 34.9 Å². The normalized spacial score (nSPS) is 13.2. The molecule has 1 aliphatic heterocycles. The number of hydrogen-bond acceptors (Lipinski definition) is 6. The molecule has 0 bridgehead atoms. The molecule has 0 spiro atoms. The van der Waals surface area contributed by atoms with Gasteiger partial charge in [-0.2, -0.15) is 0 Å². The van der Waals surface area contributed by atoms with Gasteiger partial charge in [-0.15, -0.1) is 0 Å². The average molecular weight is 442 g/mol. The molecule has 0 unspecified atom stereocenters. The smallest absolute Gasteiger partial charge is 0.326 e. The van der Waals surface area contributed by atoms with Gasteiger partial charge in [-0.25, -0.2) is 8.42 Å². The highest BCUT2D eigenvalue weighted by molar-refractivity contribution is 9.10. The van der Waals surface area contributed by atoms with Crippen LogP contribution in [0, 0.1) is 0 Å². The first-order valence-electron chi connectivity index (χ1n) is 7.67. The summed E-state index contributed by atoms with van der Waals surface area (Å²) in [5.74, 6) is 0.153. The van der Waals surface area contributed by atoms with Gasteiger partial charge in [0.15, 0.2) is 11.5 Å². The fourth-order valence-electron chi connectivity index (χ4n) is 2.45. The minimum absolute atomic E-state index is 0.0126. The lowest BCUT2D eigenvalue weighted by Crippen LogP contribution is -2.36. The molecule has 1 aliphatic rings. The van der Waals surface area contributed by atoms with E-state index >= 15 is 0 Å². The maximum atomic E-state index is 13.2. The Labute approximate surface area is 159 Å². The number of nitrogens with zero attached hydrogens (tertiary/aromatic N) is 1. The SMILES string of the molecule is COC(=O)CN(c1ccccc1Br)S(=O)(=O)c1ccc2c(c1)OCCO2. The van der Waals surface area contributed by atoms with Crippen LogP contribution in [-0.2, 0) is 19.6 Å². The fourth-order valence-corrected chi connectivity index (χ4v) is 4.51. The van der Waals surface area contributed by atoms with Gasteiger partial charge in [-0.3, -0.25) is 9.10 Å². The summed E-state index contributed by atoms with van der Waals surface area (Å²) in [5, 5.41) is 0. The van der Waals surface area contributed by atoms with Crippen molar-refractivity contribution in [3.8, 4) is 11.5 Å². The van der Waals surface area contributed by atoms with E-state index in [4.69, 9.17) is 9.47 Å². The summed E-state index contributed by atoms with van der Waals surface area (Å²) in [4.78, 5) is 11.8. The summed E-state index contributed by atoms with van der Waals surface area (Å²) in [6.45, 7) is 0.285. The number of methoxy groups -OCH3 is 1. The van der Waals surface area contributed by atoms with Crippen LogP contribution in [0.1, 0.15) is 0 Å². The van der Waals surface area contributed by atoms with Gasteiger partial charge < -0.3 is 14.2 Å². The van der Waals surface area contributed by atoms with Crippen molar-refractivity contribution in [2.75, 3.05) is 31.2 Å². The Kier molecular flexibility index (Phi) is 5.38. The number of esters is 1. The Hall–Kier alpha value is -2.26. The molecule has 0 saturated carbocycles. The predicted octanol–water partition coefficient (Wildman–Crippen LogP) is 2.59. The number of para-hydroxylation sites is 1. The summed E-state index contributed by atoms with van der Waals surface area (Å²) >= 11 is 3.33. The fraction of sp³-hybridized carbons (Fsp3) is 0.235. The van der Waals surface area contributed by atoms with Crippen molar-refractivity contribution >= 4 is 37.6 Å².